The molecule has 1 rings (SSSR count). The van der Waals surface area contributed by atoms with Gasteiger partial charge in [-0.15, -0.1) is 0 Å². The second-order valence-electron chi connectivity index (χ2n) is 5.99. The minimum atomic E-state index is -0.134. The van der Waals surface area contributed by atoms with Crippen molar-refractivity contribution in [1.82, 2.24) is 5.32 Å². The average molecular weight is 243 g/mol. The molecule has 0 bridgehead atoms. The zero-order valence-corrected chi connectivity index (χ0v) is 11.7. The third-order valence-electron chi connectivity index (χ3n) is 3.30. The molecule has 1 unspecified atom stereocenters. The molecule has 1 aliphatic rings. The topological polar surface area (TPSA) is 41.5 Å². The SMILES string of the molecule is CC(C)NC(C)(CO)CCCCOCC1CC1. The fraction of sp³-hybridized carbons (Fsp3) is 1.00. The summed E-state index contributed by atoms with van der Waals surface area (Å²) in [7, 11) is 0. The van der Waals surface area contributed by atoms with E-state index in [9.17, 15) is 5.11 Å². The van der Waals surface area contributed by atoms with Gasteiger partial charge < -0.3 is 15.2 Å². The van der Waals surface area contributed by atoms with Gasteiger partial charge in [-0.1, -0.05) is 13.8 Å². The highest BCUT2D eigenvalue weighted by Crippen LogP contribution is 2.28. The summed E-state index contributed by atoms with van der Waals surface area (Å²) >= 11 is 0. The second kappa shape index (κ2) is 7.34. The molecule has 3 nitrogen and oxygen atoms in total. The van der Waals surface area contributed by atoms with Gasteiger partial charge in [-0.25, -0.2) is 0 Å². The molecule has 1 atom stereocenters. The number of aliphatic hydroxyl groups is 1. The van der Waals surface area contributed by atoms with E-state index in [0.29, 0.717) is 6.04 Å². The fourth-order valence-corrected chi connectivity index (χ4v) is 2.15. The van der Waals surface area contributed by atoms with E-state index in [1.807, 2.05) is 0 Å². The number of nitrogens with one attached hydrogen (secondary N) is 1. The minimum Gasteiger partial charge on any atom is -0.394 e. The minimum absolute atomic E-state index is 0.134. The smallest absolute Gasteiger partial charge is 0.0610 e. The summed E-state index contributed by atoms with van der Waals surface area (Å²) in [5.74, 6) is 0.861. The molecule has 0 aromatic carbocycles. The second-order valence-corrected chi connectivity index (χ2v) is 5.99. The number of hydrogen-bond donors (Lipinski definition) is 2. The average Bonchev–Trinajstić information content (AvgIpc) is 3.06. The Kier molecular flexibility index (Phi) is 6.45. The van der Waals surface area contributed by atoms with E-state index in [4.69, 9.17) is 4.74 Å². The normalized spacial score (nSPS) is 19.6. The number of aliphatic hydroxyl groups excluding tert-OH is 1. The highest BCUT2D eigenvalue weighted by atomic mass is 16.5. The van der Waals surface area contributed by atoms with Gasteiger partial charge >= 0.3 is 0 Å². The van der Waals surface area contributed by atoms with Crippen LogP contribution in [0.3, 0.4) is 0 Å². The van der Waals surface area contributed by atoms with Crippen LogP contribution >= 0.6 is 0 Å². The van der Waals surface area contributed by atoms with Crippen molar-refractivity contribution in [3.05, 3.63) is 0 Å². The Labute approximate surface area is 106 Å². The van der Waals surface area contributed by atoms with Gasteiger partial charge in [0.05, 0.1) is 6.61 Å². The Morgan fingerprint density at radius 3 is 2.59 bits per heavy atom. The van der Waals surface area contributed by atoms with Gasteiger partial charge in [-0.05, 0) is 44.9 Å². The molecular formula is C14H29NO2. The Morgan fingerprint density at radius 1 is 1.35 bits per heavy atom. The van der Waals surface area contributed by atoms with Crippen molar-refractivity contribution >= 4 is 0 Å². The molecule has 1 fully saturated rings. The predicted octanol–water partition coefficient (Wildman–Crippen LogP) is 2.33. The van der Waals surface area contributed by atoms with Crippen molar-refractivity contribution in [2.75, 3.05) is 19.8 Å². The highest BCUT2D eigenvalue weighted by Gasteiger charge is 2.23. The molecule has 0 aromatic heterocycles. The molecular weight excluding hydrogens is 214 g/mol. The zero-order chi connectivity index (χ0) is 12.7. The van der Waals surface area contributed by atoms with Crippen LogP contribution in [0.2, 0.25) is 0 Å². The number of rotatable bonds is 10. The Morgan fingerprint density at radius 2 is 2.06 bits per heavy atom. The van der Waals surface area contributed by atoms with Gasteiger partial charge in [0.2, 0.25) is 0 Å². The van der Waals surface area contributed by atoms with Crippen molar-refractivity contribution in [3.8, 4) is 0 Å². The molecule has 0 heterocycles. The van der Waals surface area contributed by atoms with Gasteiger partial charge in [0, 0.05) is 24.8 Å². The van der Waals surface area contributed by atoms with Gasteiger partial charge in [-0.2, -0.15) is 0 Å². The molecule has 17 heavy (non-hydrogen) atoms. The summed E-state index contributed by atoms with van der Waals surface area (Å²) in [5.41, 5.74) is -0.134. The molecule has 102 valence electrons. The molecule has 1 aliphatic carbocycles. The first-order valence-corrected chi connectivity index (χ1v) is 7.02. The molecule has 3 heteroatoms. The quantitative estimate of drug-likeness (QED) is 0.579. The van der Waals surface area contributed by atoms with Crippen LogP contribution in [0.15, 0.2) is 0 Å². The molecule has 2 N–H and O–H groups in total. The number of hydrogen-bond acceptors (Lipinski definition) is 3. The first-order chi connectivity index (χ1) is 8.06. The third-order valence-corrected chi connectivity index (χ3v) is 3.30. The Balaban J connectivity index is 2.01. The fourth-order valence-electron chi connectivity index (χ4n) is 2.15. The molecule has 0 amide bonds. The van der Waals surface area contributed by atoms with Crippen LogP contribution in [-0.2, 0) is 4.74 Å². The standard InChI is InChI=1S/C14H29NO2/c1-12(2)15-14(3,11-16)8-4-5-9-17-10-13-6-7-13/h12-13,15-16H,4-11H2,1-3H3. The maximum atomic E-state index is 9.42. The lowest BCUT2D eigenvalue weighted by Gasteiger charge is -2.31. The van der Waals surface area contributed by atoms with Crippen LogP contribution in [0.25, 0.3) is 0 Å². The maximum Gasteiger partial charge on any atom is 0.0610 e. The summed E-state index contributed by atoms with van der Waals surface area (Å²) in [4.78, 5) is 0. The van der Waals surface area contributed by atoms with Crippen LogP contribution in [0.1, 0.15) is 52.9 Å². The first-order valence-electron chi connectivity index (χ1n) is 7.02. The van der Waals surface area contributed by atoms with E-state index < -0.39 is 0 Å². The van der Waals surface area contributed by atoms with Crippen LogP contribution in [0.4, 0.5) is 0 Å². The Hall–Kier alpha value is -0.120. The van der Waals surface area contributed by atoms with Crippen molar-refractivity contribution in [1.29, 1.82) is 0 Å². The monoisotopic (exact) mass is 243 g/mol. The van der Waals surface area contributed by atoms with Crippen molar-refractivity contribution < 1.29 is 9.84 Å². The maximum absolute atomic E-state index is 9.42. The van der Waals surface area contributed by atoms with Crippen LogP contribution < -0.4 is 5.32 Å². The summed E-state index contributed by atoms with van der Waals surface area (Å²) in [5, 5.41) is 12.9. The van der Waals surface area contributed by atoms with Gasteiger partial charge in [0.25, 0.3) is 0 Å². The van der Waals surface area contributed by atoms with Crippen LogP contribution in [-0.4, -0.2) is 36.5 Å². The lowest BCUT2D eigenvalue weighted by Crippen LogP contribution is -2.49. The van der Waals surface area contributed by atoms with Gasteiger partial charge in [-0.3, -0.25) is 0 Å². The third kappa shape index (κ3) is 7.02. The van der Waals surface area contributed by atoms with Crippen LogP contribution in [0, 0.1) is 5.92 Å². The van der Waals surface area contributed by atoms with Crippen molar-refractivity contribution in [2.24, 2.45) is 5.92 Å². The van der Waals surface area contributed by atoms with Gasteiger partial charge in [0.1, 0.15) is 0 Å². The van der Waals surface area contributed by atoms with E-state index in [-0.39, 0.29) is 12.1 Å². The van der Waals surface area contributed by atoms with E-state index in [1.165, 1.54) is 12.8 Å². The van der Waals surface area contributed by atoms with Crippen LogP contribution in [0.5, 0.6) is 0 Å². The van der Waals surface area contributed by atoms with Crippen molar-refractivity contribution in [3.63, 3.8) is 0 Å². The molecule has 0 aromatic rings. The lowest BCUT2D eigenvalue weighted by molar-refractivity contribution is 0.112. The lowest BCUT2D eigenvalue weighted by atomic mass is 9.95. The first kappa shape index (κ1) is 14.9. The number of unbranched alkanes of at least 4 members (excludes halogenated alkanes) is 1. The van der Waals surface area contributed by atoms with E-state index in [1.54, 1.807) is 0 Å². The molecule has 1 saturated carbocycles. The van der Waals surface area contributed by atoms with E-state index >= 15 is 0 Å². The predicted molar refractivity (Wildman–Crippen MR) is 71.2 cm³/mol. The molecule has 0 spiro atoms. The largest absolute Gasteiger partial charge is 0.394 e. The Bertz CT molecular complexity index is 204. The number of ether oxygens (including phenoxy) is 1. The summed E-state index contributed by atoms with van der Waals surface area (Å²) in [6.45, 7) is 8.37. The van der Waals surface area contributed by atoms with E-state index in [2.05, 4.69) is 26.1 Å². The molecule has 0 saturated heterocycles. The highest BCUT2D eigenvalue weighted by molar-refractivity contribution is 4.83. The van der Waals surface area contributed by atoms with Gasteiger partial charge in [0.15, 0.2) is 0 Å². The summed E-state index contributed by atoms with van der Waals surface area (Å²) in [6.07, 6.45) is 5.94. The summed E-state index contributed by atoms with van der Waals surface area (Å²) in [6, 6.07) is 0.415. The van der Waals surface area contributed by atoms with Crippen molar-refractivity contribution in [2.45, 2.75) is 64.5 Å². The van der Waals surface area contributed by atoms with E-state index in [0.717, 1.165) is 38.4 Å². The zero-order valence-electron chi connectivity index (χ0n) is 11.7. The molecule has 0 radical (unpaired) electrons. The molecule has 0 aliphatic heterocycles. The summed E-state index contributed by atoms with van der Waals surface area (Å²) < 4.78 is 5.60.